The molecule has 1 aromatic carbocycles. The van der Waals surface area contributed by atoms with Crippen molar-refractivity contribution >= 4 is 17.1 Å². The van der Waals surface area contributed by atoms with Gasteiger partial charge in [0.2, 0.25) is 0 Å². The van der Waals surface area contributed by atoms with Gasteiger partial charge in [-0.05, 0) is 12.1 Å². The Kier molecular flexibility index (Phi) is 5.12. The van der Waals surface area contributed by atoms with Gasteiger partial charge in [-0.1, -0.05) is 18.2 Å². The van der Waals surface area contributed by atoms with Gasteiger partial charge in [-0.2, -0.15) is 13.2 Å². The Morgan fingerprint density at radius 2 is 1.85 bits per heavy atom. The number of fused-ring (bicyclic) bond motifs is 1. The monoisotopic (exact) mass is 366 g/mol. The van der Waals surface area contributed by atoms with Crippen molar-refractivity contribution in [3.05, 3.63) is 54.2 Å². The topological polar surface area (TPSA) is 79.1 Å². The molecule has 26 heavy (non-hydrogen) atoms. The molecule has 3 aromatic rings. The van der Waals surface area contributed by atoms with Crippen LogP contribution in [0.5, 0.6) is 0 Å². The third-order valence-corrected chi connectivity index (χ3v) is 3.37. The summed E-state index contributed by atoms with van der Waals surface area (Å²) in [7, 11) is 0. The molecule has 0 fully saturated rings. The zero-order chi connectivity index (χ0) is 18.6. The van der Waals surface area contributed by atoms with Crippen molar-refractivity contribution in [2.45, 2.75) is 12.9 Å². The number of hydrogen-bond donors (Lipinski definition) is 0. The number of rotatable bonds is 6. The summed E-state index contributed by atoms with van der Waals surface area (Å²) in [5, 5.41) is 0. The molecule has 136 valence electrons. The molecule has 0 saturated heterocycles. The van der Waals surface area contributed by atoms with Crippen molar-refractivity contribution in [1.29, 1.82) is 0 Å². The Morgan fingerprint density at radius 3 is 2.58 bits per heavy atom. The molecule has 2 heterocycles. The third kappa shape index (κ3) is 3.97. The second-order valence-electron chi connectivity index (χ2n) is 5.15. The summed E-state index contributed by atoms with van der Waals surface area (Å²) in [6.07, 6.45) is -2.61. The molecule has 0 aliphatic rings. The van der Waals surface area contributed by atoms with Gasteiger partial charge in [0, 0.05) is 0 Å². The molecule has 0 spiro atoms. The van der Waals surface area contributed by atoms with Crippen LogP contribution >= 0.6 is 0 Å². The molecule has 7 nitrogen and oxygen atoms in total. The lowest BCUT2D eigenvalue weighted by Crippen LogP contribution is -2.13. The lowest BCUT2D eigenvalue weighted by atomic mass is 10.2. The maximum absolute atomic E-state index is 12.9. The fraction of sp³-hybridized carbons (Fsp3) is 0.250. The van der Waals surface area contributed by atoms with Crippen LogP contribution in [0.1, 0.15) is 16.1 Å². The third-order valence-electron chi connectivity index (χ3n) is 3.37. The number of alkyl halides is 3. The Balaban J connectivity index is 1.54. The normalized spacial score (nSPS) is 11.7. The molecule has 0 bridgehead atoms. The smallest absolute Gasteiger partial charge is 0.435 e. The van der Waals surface area contributed by atoms with Crippen LogP contribution < -0.4 is 0 Å². The van der Waals surface area contributed by atoms with Gasteiger partial charge in [-0.15, -0.1) is 0 Å². The first-order chi connectivity index (χ1) is 12.5. The van der Waals surface area contributed by atoms with Crippen molar-refractivity contribution in [3.63, 3.8) is 0 Å². The van der Waals surface area contributed by atoms with E-state index in [1.54, 1.807) is 30.3 Å². The van der Waals surface area contributed by atoms with Crippen molar-refractivity contribution in [3.8, 4) is 0 Å². The van der Waals surface area contributed by atoms with Gasteiger partial charge in [0.25, 0.3) is 0 Å². The van der Waals surface area contributed by atoms with Crippen LogP contribution in [0.3, 0.4) is 0 Å². The Hall–Kier alpha value is -3.01. The minimum Gasteiger partial charge on any atom is -0.460 e. The largest absolute Gasteiger partial charge is 0.460 e. The predicted octanol–water partition coefficient (Wildman–Crippen LogP) is 2.68. The van der Waals surface area contributed by atoms with Crippen LogP contribution in [0, 0.1) is 0 Å². The van der Waals surface area contributed by atoms with Gasteiger partial charge < -0.3 is 9.47 Å². The average molecular weight is 366 g/mol. The van der Waals surface area contributed by atoms with Crippen LogP contribution in [0.15, 0.2) is 43.0 Å². The maximum Gasteiger partial charge on any atom is 0.435 e. The van der Waals surface area contributed by atoms with Gasteiger partial charge in [0.1, 0.15) is 25.2 Å². The van der Waals surface area contributed by atoms with Gasteiger partial charge in [0.15, 0.2) is 11.3 Å². The van der Waals surface area contributed by atoms with E-state index in [9.17, 15) is 18.0 Å². The van der Waals surface area contributed by atoms with E-state index >= 15 is 0 Å². The van der Waals surface area contributed by atoms with Crippen LogP contribution in [-0.2, 0) is 22.4 Å². The zero-order valence-electron chi connectivity index (χ0n) is 13.3. The Bertz CT molecular complexity index is 897. The lowest BCUT2D eigenvalue weighted by Gasteiger charge is -2.08. The summed E-state index contributed by atoms with van der Waals surface area (Å²) in [4.78, 5) is 22.5. The second-order valence-corrected chi connectivity index (χ2v) is 5.15. The molecule has 0 aliphatic heterocycles. The molecule has 3 rings (SSSR count). The molecule has 0 atom stereocenters. The number of carbonyl (C=O) groups is 1. The number of imidazole rings is 1. The minimum absolute atomic E-state index is 0.00312. The Labute approximate surface area is 145 Å². The van der Waals surface area contributed by atoms with E-state index in [-0.39, 0.29) is 31.1 Å². The average Bonchev–Trinajstić information content (AvgIpc) is 3.04. The molecule has 0 amide bonds. The highest BCUT2D eigenvalue weighted by molar-refractivity contribution is 5.89. The minimum atomic E-state index is -4.62. The fourth-order valence-electron chi connectivity index (χ4n) is 2.20. The molecular weight excluding hydrogens is 353 g/mol. The quantitative estimate of drug-likeness (QED) is 0.493. The summed E-state index contributed by atoms with van der Waals surface area (Å²) in [5.41, 5.74) is -1.02. The number of esters is 1. The molecule has 0 radical (unpaired) electrons. The molecule has 0 N–H and O–H groups in total. The van der Waals surface area contributed by atoms with E-state index in [1.807, 2.05) is 0 Å². The van der Waals surface area contributed by atoms with Gasteiger partial charge in [-0.3, -0.25) is 4.57 Å². The van der Waals surface area contributed by atoms with E-state index in [4.69, 9.17) is 9.47 Å². The van der Waals surface area contributed by atoms with Crippen LogP contribution in [0.25, 0.3) is 11.2 Å². The molecule has 0 aliphatic carbocycles. The first kappa shape index (κ1) is 17.8. The van der Waals surface area contributed by atoms with Gasteiger partial charge in [-0.25, -0.2) is 19.7 Å². The van der Waals surface area contributed by atoms with Gasteiger partial charge >= 0.3 is 12.1 Å². The predicted molar refractivity (Wildman–Crippen MR) is 83.0 cm³/mol. The van der Waals surface area contributed by atoms with E-state index in [0.717, 1.165) is 6.33 Å². The summed E-state index contributed by atoms with van der Waals surface area (Å²) in [5.74, 6) is -0.482. The van der Waals surface area contributed by atoms with Crippen molar-refractivity contribution in [2.24, 2.45) is 0 Å². The first-order valence-corrected chi connectivity index (χ1v) is 7.50. The number of nitrogens with zero attached hydrogens (tertiary/aromatic N) is 4. The van der Waals surface area contributed by atoms with Crippen molar-refractivity contribution in [2.75, 3.05) is 13.2 Å². The number of benzene rings is 1. The second kappa shape index (κ2) is 7.48. The number of hydrogen-bond acceptors (Lipinski definition) is 6. The first-order valence-electron chi connectivity index (χ1n) is 7.50. The standard InChI is InChI=1S/C16H13F3N4O3/c17-16(18,19)13-12-14(21-8-20-13)23(9-22-12)10-25-6-7-26-15(24)11-4-2-1-3-5-11/h1-5,8-9H,6-7,10H2. The number of carbonyl (C=O) groups excluding carboxylic acids is 1. The van der Waals surface area contributed by atoms with Crippen LogP contribution in [-0.4, -0.2) is 38.7 Å². The summed E-state index contributed by atoms with van der Waals surface area (Å²) in [6.45, 7) is -0.0215. The summed E-state index contributed by atoms with van der Waals surface area (Å²) < 4.78 is 50.3. The zero-order valence-corrected chi connectivity index (χ0v) is 13.3. The van der Waals surface area contributed by atoms with E-state index in [2.05, 4.69) is 15.0 Å². The molecule has 0 saturated carbocycles. The number of aromatic nitrogens is 4. The van der Waals surface area contributed by atoms with E-state index in [1.165, 1.54) is 10.9 Å². The van der Waals surface area contributed by atoms with Crippen molar-refractivity contribution in [1.82, 2.24) is 19.5 Å². The number of halogens is 3. The SMILES string of the molecule is O=C(OCCOCn1cnc2c(C(F)(F)F)ncnc21)c1ccccc1. The lowest BCUT2D eigenvalue weighted by molar-refractivity contribution is -0.140. The van der Waals surface area contributed by atoms with Crippen LogP contribution in [0.2, 0.25) is 0 Å². The fourth-order valence-corrected chi connectivity index (χ4v) is 2.20. The van der Waals surface area contributed by atoms with Gasteiger partial charge in [0.05, 0.1) is 18.5 Å². The van der Waals surface area contributed by atoms with E-state index in [0.29, 0.717) is 5.56 Å². The highest BCUT2D eigenvalue weighted by Crippen LogP contribution is 2.31. The maximum atomic E-state index is 12.9. The molecular formula is C16H13F3N4O3. The van der Waals surface area contributed by atoms with Crippen molar-refractivity contribution < 1.29 is 27.4 Å². The summed E-state index contributed by atoms with van der Waals surface area (Å²) >= 11 is 0. The van der Waals surface area contributed by atoms with Crippen LogP contribution in [0.4, 0.5) is 13.2 Å². The number of ether oxygens (including phenoxy) is 2. The highest BCUT2D eigenvalue weighted by Gasteiger charge is 2.36. The highest BCUT2D eigenvalue weighted by atomic mass is 19.4. The molecule has 2 aromatic heterocycles. The molecule has 10 heteroatoms. The Morgan fingerprint density at radius 1 is 1.08 bits per heavy atom. The van der Waals surface area contributed by atoms with E-state index < -0.39 is 17.8 Å². The molecule has 0 unspecified atom stereocenters. The summed E-state index contributed by atoms with van der Waals surface area (Å²) in [6, 6.07) is 8.46.